The van der Waals surface area contributed by atoms with Crippen molar-refractivity contribution >= 4 is 39.3 Å². The Morgan fingerprint density at radius 1 is 1.29 bits per heavy atom. The first kappa shape index (κ1) is 14.2. The third-order valence-electron chi connectivity index (χ3n) is 2.76. The van der Waals surface area contributed by atoms with Crippen LogP contribution in [0.2, 0.25) is 5.02 Å². The molecule has 92 valence electrons. The molecular weight excluding hydrogens is 307 g/mol. The summed E-state index contributed by atoms with van der Waals surface area (Å²) in [6, 6.07) is 4.81. The number of Topliss-reactive ketones (excluding diaryl/α,β-unsaturated/α-hetero) is 1. The average molecular weight is 320 g/mol. The summed E-state index contributed by atoms with van der Waals surface area (Å²) < 4.78 is 0.625. The second-order valence-corrected chi connectivity index (χ2v) is 5.17. The van der Waals surface area contributed by atoms with Gasteiger partial charge in [-0.15, -0.1) is 0 Å². The topological polar surface area (TPSA) is 54.4 Å². The van der Waals surface area contributed by atoms with Crippen LogP contribution in [0.25, 0.3) is 0 Å². The van der Waals surface area contributed by atoms with Crippen LogP contribution in [-0.4, -0.2) is 16.9 Å². The van der Waals surface area contributed by atoms with Crippen molar-refractivity contribution in [2.75, 3.05) is 0 Å². The maximum atomic E-state index is 12.0. The van der Waals surface area contributed by atoms with Gasteiger partial charge < -0.3 is 5.11 Å². The minimum Gasteiger partial charge on any atom is -0.481 e. The van der Waals surface area contributed by atoms with E-state index in [9.17, 15) is 9.59 Å². The Balaban J connectivity index is 2.96. The van der Waals surface area contributed by atoms with E-state index in [1.807, 2.05) is 0 Å². The van der Waals surface area contributed by atoms with Gasteiger partial charge in [-0.1, -0.05) is 25.4 Å². The van der Waals surface area contributed by atoms with E-state index in [1.54, 1.807) is 25.1 Å². The van der Waals surface area contributed by atoms with Crippen LogP contribution in [0, 0.1) is 11.8 Å². The number of hydrogen-bond donors (Lipinski definition) is 1. The van der Waals surface area contributed by atoms with Gasteiger partial charge in [0.2, 0.25) is 0 Å². The lowest BCUT2D eigenvalue weighted by Crippen LogP contribution is -2.25. The number of carboxylic acids is 1. The van der Waals surface area contributed by atoms with Crippen LogP contribution in [0.5, 0.6) is 0 Å². The summed E-state index contributed by atoms with van der Waals surface area (Å²) in [5, 5.41) is 9.38. The van der Waals surface area contributed by atoms with Gasteiger partial charge in [-0.2, -0.15) is 0 Å². The minimum absolute atomic E-state index is 0.197. The number of carbonyl (C=O) groups excluding carboxylic acids is 1. The van der Waals surface area contributed by atoms with E-state index in [2.05, 4.69) is 15.9 Å². The fourth-order valence-corrected chi connectivity index (χ4v) is 1.85. The first-order valence-corrected chi connectivity index (χ1v) is 6.23. The van der Waals surface area contributed by atoms with E-state index in [0.29, 0.717) is 15.1 Å². The Kier molecular flexibility index (Phi) is 4.71. The molecule has 0 aliphatic rings. The number of rotatable bonds is 4. The molecule has 0 saturated carbocycles. The molecule has 0 heterocycles. The second-order valence-electron chi connectivity index (χ2n) is 3.91. The first-order chi connectivity index (χ1) is 7.84. The quantitative estimate of drug-likeness (QED) is 0.862. The van der Waals surface area contributed by atoms with Crippen molar-refractivity contribution < 1.29 is 14.7 Å². The number of carbonyl (C=O) groups is 2. The van der Waals surface area contributed by atoms with Crippen LogP contribution in [-0.2, 0) is 4.79 Å². The van der Waals surface area contributed by atoms with Crippen molar-refractivity contribution in [3.05, 3.63) is 33.3 Å². The van der Waals surface area contributed by atoms with Crippen molar-refractivity contribution in [1.82, 2.24) is 0 Å². The van der Waals surface area contributed by atoms with Crippen LogP contribution in [0.4, 0.5) is 0 Å². The highest BCUT2D eigenvalue weighted by Crippen LogP contribution is 2.25. The highest BCUT2D eigenvalue weighted by atomic mass is 79.9. The molecule has 3 nitrogen and oxygen atoms in total. The molecule has 2 atom stereocenters. The highest BCUT2D eigenvalue weighted by Gasteiger charge is 2.26. The van der Waals surface area contributed by atoms with E-state index in [1.165, 1.54) is 6.92 Å². The summed E-state index contributed by atoms with van der Waals surface area (Å²) in [7, 11) is 0. The molecule has 0 aromatic heterocycles. The van der Waals surface area contributed by atoms with Gasteiger partial charge in [-0.25, -0.2) is 0 Å². The number of halogens is 2. The predicted octanol–water partition coefficient (Wildman–Crippen LogP) is 3.64. The van der Waals surface area contributed by atoms with Gasteiger partial charge in [0.15, 0.2) is 5.78 Å². The van der Waals surface area contributed by atoms with Crippen molar-refractivity contribution in [3.63, 3.8) is 0 Å². The summed E-state index contributed by atoms with van der Waals surface area (Å²) in [5.41, 5.74) is 0.460. The molecule has 0 saturated heterocycles. The van der Waals surface area contributed by atoms with Crippen molar-refractivity contribution in [3.8, 4) is 0 Å². The Bertz CT molecular complexity index is 459. The zero-order chi connectivity index (χ0) is 13.2. The number of hydrogen-bond acceptors (Lipinski definition) is 2. The van der Waals surface area contributed by atoms with Gasteiger partial charge in [0, 0.05) is 16.0 Å². The molecule has 5 heteroatoms. The molecule has 17 heavy (non-hydrogen) atoms. The smallest absolute Gasteiger partial charge is 0.306 e. The normalized spacial score (nSPS) is 14.1. The summed E-state index contributed by atoms with van der Waals surface area (Å²) in [6.45, 7) is 3.14. The second kappa shape index (κ2) is 5.65. The number of carboxylic acid groups (broad SMARTS) is 1. The van der Waals surface area contributed by atoms with Crippen molar-refractivity contribution in [2.24, 2.45) is 11.8 Å². The molecule has 0 aliphatic heterocycles. The Labute approximate surface area is 113 Å². The third-order valence-corrected chi connectivity index (χ3v) is 3.97. The van der Waals surface area contributed by atoms with Crippen molar-refractivity contribution in [1.29, 1.82) is 0 Å². The fourth-order valence-electron chi connectivity index (χ4n) is 1.35. The lowest BCUT2D eigenvalue weighted by molar-refractivity contribution is -0.142. The van der Waals surface area contributed by atoms with Crippen LogP contribution in [0.15, 0.2) is 22.7 Å². The molecule has 0 fully saturated rings. The first-order valence-electron chi connectivity index (χ1n) is 5.06. The maximum Gasteiger partial charge on any atom is 0.306 e. The predicted molar refractivity (Wildman–Crippen MR) is 69.4 cm³/mol. The monoisotopic (exact) mass is 318 g/mol. The van der Waals surface area contributed by atoms with E-state index in [4.69, 9.17) is 16.7 Å². The van der Waals surface area contributed by atoms with Crippen LogP contribution >= 0.6 is 27.5 Å². The lowest BCUT2D eigenvalue weighted by atomic mass is 9.88. The maximum absolute atomic E-state index is 12.0. The lowest BCUT2D eigenvalue weighted by Gasteiger charge is -2.14. The molecule has 1 N–H and O–H groups in total. The van der Waals surface area contributed by atoms with Crippen molar-refractivity contribution in [2.45, 2.75) is 13.8 Å². The van der Waals surface area contributed by atoms with Crippen LogP contribution in [0.1, 0.15) is 24.2 Å². The molecule has 1 rings (SSSR count). The number of aliphatic carboxylic acids is 1. The van der Waals surface area contributed by atoms with Gasteiger partial charge in [0.05, 0.1) is 10.9 Å². The molecule has 0 radical (unpaired) electrons. The summed E-state index contributed by atoms with van der Waals surface area (Å²) in [5.74, 6) is -2.45. The highest BCUT2D eigenvalue weighted by molar-refractivity contribution is 9.10. The molecular formula is C12H12BrClO3. The number of benzene rings is 1. The summed E-state index contributed by atoms with van der Waals surface area (Å²) in [4.78, 5) is 22.8. The molecule has 0 bridgehead atoms. The third kappa shape index (κ3) is 3.30. The molecule has 0 amide bonds. The van der Waals surface area contributed by atoms with Gasteiger partial charge >= 0.3 is 5.97 Å². The minimum atomic E-state index is -0.973. The van der Waals surface area contributed by atoms with E-state index >= 15 is 0 Å². The Morgan fingerprint density at radius 2 is 1.88 bits per heavy atom. The zero-order valence-electron chi connectivity index (χ0n) is 9.41. The molecule has 2 unspecified atom stereocenters. The fraction of sp³-hybridized carbons (Fsp3) is 0.333. The largest absolute Gasteiger partial charge is 0.481 e. The zero-order valence-corrected chi connectivity index (χ0v) is 11.7. The molecule has 1 aromatic carbocycles. The SMILES string of the molecule is CC(C(=O)O)C(C)C(=O)c1ccc(Cl)c(Br)c1. The summed E-state index contributed by atoms with van der Waals surface area (Å²) >= 11 is 9.05. The standard InChI is InChI=1S/C12H12BrClO3/c1-6(7(2)12(16)17)11(15)8-3-4-10(14)9(13)5-8/h3-7H,1-2H3,(H,16,17). The van der Waals surface area contributed by atoms with Gasteiger partial charge in [-0.05, 0) is 34.1 Å². The van der Waals surface area contributed by atoms with Crippen LogP contribution < -0.4 is 0 Å². The van der Waals surface area contributed by atoms with E-state index < -0.39 is 17.8 Å². The van der Waals surface area contributed by atoms with E-state index in [0.717, 1.165) is 0 Å². The molecule has 0 aliphatic carbocycles. The van der Waals surface area contributed by atoms with Gasteiger partial charge in [0.25, 0.3) is 0 Å². The van der Waals surface area contributed by atoms with Crippen LogP contribution in [0.3, 0.4) is 0 Å². The summed E-state index contributed by atoms with van der Waals surface area (Å²) in [6.07, 6.45) is 0. The average Bonchev–Trinajstić information content (AvgIpc) is 2.29. The Hall–Kier alpha value is -0.870. The Morgan fingerprint density at radius 3 is 2.35 bits per heavy atom. The van der Waals surface area contributed by atoms with E-state index in [-0.39, 0.29) is 5.78 Å². The molecule has 0 spiro atoms. The van der Waals surface area contributed by atoms with Gasteiger partial charge in [-0.3, -0.25) is 9.59 Å². The number of ketones is 1. The van der Waals surface area contributed by atoms with Gasteiger partial charge in [0.1, 0.15) is 0 Å². The molecule has 1 aromatic rings.